The number of aliphatic imine (C=N–C) groups is 1. The summed E-state index contributed by atoms with van der Waals surface area (Å²) in [7, 11) is 2.95. The van der Waals surface area contributed by atoms with Crippen LogP contribution >= 0.6 is 0 Å². The maximum Gasteiger partial charge on any atom is 0.416 e. The molecule has 0 unspecified atom stereocenters. The maximum absolute atomic E-state index is 14.2. The van der Waals surface area contributed by atoms with Crippen molar-refractivity contribution in [3.8, 4) is 23.0 Å². The number of nitrogens with one attached hydrogen (secondary N) is 2. The summed E-state index contributed by atoms with van der Waals surface area (Å²) in [5.41, 5.74) is 7.44. The fraction of sp³-hybridized carbons (Fsp3) is 0.444. The number of nitrogens with zero attached hydrogens (tertiary/aromatic N) is 4. The van der Waals surface area contributed by atoms with Crippen LogP contribution in [0.3, 0.4) is 0 Å². The summed E-state index contributed by atoms with van der Waals surface area (Å²) in [6, 6.07) is 10.2. The van der Waals surface area contributed by atoms with Crippen molar-refractivity contribution < 1.29 is 67.5 Å². The van der Waals surface area contributed by atoms with Gasteiger partial charge >= 0.3 is 18.1 Å². The predicted molar refractivity (Wildman–Crippen MR) is 273 cm³/mol. The Kier molecular flexibility index (Phi) is 16.4. The number of carbonyl (C=O) groups is 7. The zero-order valence-electron chi connectivity index (χ0n) is 42.1. The summed E-state index contributed by atoms with van der Waals surface area (Å²) in [4.78, 5) is 101. The number of nitrogens with two attached hydrogens (primary N) is 1. The molecule has 0 aromatic heterocycles. The fourth-order valence-corrected chi connectivity index (χ4v) is 10.0. The number of amides is 6. The highest BCUT2D eigenvalue weighted by Crippen LogP contribution is 2.44. The number of fused-ring (bicyclic) bond motifs is 4. The van der Waals surface area contributed by atoms with E-state index in [0.29, 0.717) is 84.7 Å². The number of Topliss-reactive ketones (excluding diaryl/α,β-unsaturated/α-hetero) is 1. The van der Waals surface area contributed by atoms with Gasteiger partial charge in [-0.05, 0) is 81.0 Å². The van der Waals surface area contributed by atoms with E-state index in [-0.39, 0.29) is 105 Å². The van der Waals surface area contributed by atoms with Gasteiger partial charge in [0, 0.05) is 44.4 Å². The predicted octanol–water partition coefficient (Wildman–Crippen LogP) is 5.36. The molecule has 5 aliphatic rings. The Morgan fingerprint density at radius 1 is 0.827 bits per heavy atom. The highest BCUT2D eigenvalue weighted by molar-refractivity contribution is 6.07. The van der Waals surface area contributed by atoms with Gasteiger partial charge in [0.2, 0.25) is 5.91 Å². The molecular formula is C54H63N7O14. The third-order valence-corrected chi connectivity index (χ3v) is 14.4. The smallest absolute Gasteiger partial charge is 0.416 e. The molecule has 3 fully saturated rings. The molecule has 6 N–H and O–H groups in total. The van der Waals surface area contributed by atoms with Crippen molar-refractivity contribution in [3.63, 3.8) is 0 Å². The molecule has 398 valence electrons. The summed E-state index contributed by atoms with van der Waals surface area (Å²) in [5.74, 6) is -1.57. The Bertz CT molecular complexity index is 2790. The van der Waals surface area contributed by atoms with Crippen molar-refractivity contribution in [2.75, 3.05) is 52.0 Å². The van der Waals surface area contributed by atoms with E-state index in [1.165, 1.54) is 31.3 Å². The summed E-state index contributed by atoms with van der Waals surface area (Å²) in [5, 5.41) is 26.8. The lowest BCUT2D eigenvalue weighted by Gasteiger charge is -2.37. The van der Waals surface area contributed by atoms with Gasteiger partial charge in [-0.25, -0.2) is 14.5 Å². The fourth-order valence-electron chi connectivity index (χ4n) is 10.0. The van der Waals surface area contributed by atoms with Gasteiger partial charge in [-0.15, -0.1) is 0 Å². The topological polar surface area (TPSA) is 278 Å². The Labute approximate surface area is 433 Å². The number of hydrogen-bond donors (Lipinski definition) is 5. The minimum atomic E-state index is -1.59. The van der Waals surface area contributed by atoms with Gasteiger partial charge in [-0.2, -0.15) is 0 Å². The van der Waals surface area contributed by atoms with E-state index in [2.05, 4.69) is 28.8 Å². The van der Waals surface area contributed by atoms with Crippen molar-refractivity contribution in [1.29, 1.82) is 0 Å². The van der Waals surface area contributed by atoms with Gasteiger partial charge in [-0.3, -0.25) is 29.0 Å². The molecule has 4 aliphatic heterocycles. The Morgan fingerprint density at radius 2 is 1.45 bits per heavy atom. The summed E-state index contributed by atoms with van der Waals surface area (Å²) in [6.07, 6.45) is 3.34. The second-order valence-electron chi connectivity index (χ2n) is 19.5. The van der Waals surface area contributed by atoms with Crippen molar-refractivity contribution in [3.05, 3.63) is 95.1 Å². The molecule has 0 bridgehead atoms. The number of primary amides is 1. The number of carbonyl (C=O) groups excluding carboxylic acids is 6. The first-order valence-corrected chi connectivity index (χ1v) is 25.0. The zero-order chi connectivity index (χ0) is 53.6. The first-order valence-electron chi connectivity index (χ1n) is 25.0. The number of ketones is 1. The number of benzene rings is 3. The average Bonchev–Trinajstić information content (AvgIpc) is 3.91. The third kappa shape index (κ3) is 11.6. The molecular weight excluding hydrogens is 971 g/mol. The number of carboxylic acid groups (broad SMARTS) is 1. The number of urea groups is 1. The minimum absolute atomic E-state index is 0.0563. The number of hydrogen-bond acceptors (Lipinski definition) is 14. The number of carboxylic acids is 1. The van der Waals surface area contributed by atoms with Crippen LogP contribution in [0.25, 0.3) is 0 Å². The first kappa shape index (κ1) is 53.4. The minimum Gasteiger partial charge on any atom is -0.493 e. The Morgan fingerprint density at radius 3 is 2.09 bits per heavy atom. The number of ether oxygens (including phenoxy) is 5. The summed E-state index contributed by atoms with van der Waals surface area (Å²) >= 11 is 0. The summed E-state index contributed by atoms with van der Waals surface area (Å²) in [6.45, 7) is 9.19. The van der Waals surface area contributed by atoms with E-state index in [9.17, 15) is 43.8 Å². The Balaban J connectivity index is 0.893. The molecule has 75 heavy (non-hydrogen) atoms. The van der Waals surface area contributed by atoms with Gasteiger partial charge in [0.15, 0.2) is 35.0 Å². The average molecular weight is 1030 g/mol. The summed E-state index contributed by atoms with van der Waals surface area (Å²) < 4.78 is 29.4. The number of methoxy groups -OCH3 is 2. The number of aliphatic carboxylic acids is 1. The van der Waals surface area contributed by atoms with Crippen molar-refractivity contribution >= 4 is 59.2 Å². The normalized spacial score (nSPS) is 19.6. The lowest BCUT2D eigenvalue weighted by atomic mass is 9.68. The van der Waals surface area contributed by atoms with E-state index in [1.54, 1.807) is 47.5 Å². The van der Waals surface area contributed by atoms with Crippen LogP contribution in [-0.4, -0.2) is 139 Å². The zero-order valence-corrected chi connectivity index (χ0v) is 42.1. The monoisotopic (exact) mass is 1030 g/mol. The van der Waals surface area contributed by atoms with Crippen molar-refractivity contribution in [2.24, 2.45) is 16.1 Å². The van der Waals surface area contributed by atoms with Crippen LogP contribution in [0.2, 0.25) is 0 Å². The first-order chi connectivity index (χ1) is 36.0. The van der Waals surface area contributed by atoms with Crippen LogP contribution in [0.1, 0.15) is 96.1 Å². The highest BCUT2D eigenvalue weighted by Gasteiger charge is 2.52. The van der Waals surface area contributed by atoms with E-state index >= 15 is 0 Å². The number of aliphatic hydroxyl groups is 1. The van der Waals surface area contributed by atoms with Crippen LogP contribution in [0.4, 0.5) is 21.0 Å². The van der Waals surface area contributed by atoms with E-state index in [4.69, 9.17) is 29.4 Å². The van der Waals surface area contributed by atoms with Crippen LogP contribution in [0, 0.1) is 5.41 Å². The number of aliphatic hydroxyl groups excluding tert-OH is 1. The molecule has 4 heterocycles. The third-order valence-electron chi connectivity index (χ3n) is 14.4. The molecule has 0 radical (unpaired) electrons. The quantitative estimate of drug-likeness (QED) is 0.0481. The van der Waals surface area contributed by atoms with Gasteiger partial charge in [-0.1, -0.05) is 55.0 Å². The van der Waals surface area contributed by atoms with Gasteiger partial charge in [0.05, 0.1) is 68.1 Å². The standard InChI is InChI=1S/C54H63N7O14/c1-31-20-35-27-57-39-25-45(43(71-3)23-36(39)47(63)59(35)28-31)73-18-6-5-7-19-74-46-26-40-37(24-44(46)72-4)48(64)60-29-32(2)21-41(60)49(65)61(40)53(70)75-30-34-13-11-33(12-14-34)22-42(62)38(10-8-17-56-52(55)69)58-50(66)54(51(67)68)15-9-16-54/h11-14,23-27,35,38,41,49,65H,1-2,5-10,15-22,28-30H2,3-4H3,(H,58,66)(H,67,68)(H3,55,56,69)/t35-,38-,41-,49-/m0/s1. The van der Waals surface area contributed by atoms with Crippen LogP contribution in [0.15, 0.2) is 77.8 Å². The van der Waals surface area contributed by atoms with Crippen molar-refractivity contribution in [2.45, 2.75) is 102 Å². The molecule has 1 saturated carbocycles. The molecule has 0 spiro atoms. The molecule has 2 saturated heterocycles. The van der Waals surface area contributed by atoms with E-state index in [1.807, 2.05) is 0 Å². The van der Waals surface area contributed by atoms with Crippen LogP contribution in [-0.2, 0) is 32.1 Å². The number of rotatable bonds is 22. The molecule has 6 amide bonds. The molecule has 3 aromatic carbocycles. The van der Waals surface area contributed by atoms with Crippen LogP contribution < -0.4 is 40.2 Å². The molecule has 8 rings (SSSR count). The number of anilines is 1. The lowest BCUT2D eigenvalue weighted by molar-refractivity contribution is -0.162. The second-order valence-corrected chi connectivity index (χ2v) is 19.5. The van der Waals surface area contributed by atoms with Gasteiger partial charge < -0.3 is 60.1 Å². The Hall–Kier alpha value is -7.94. The van der Waals surface area contributed by atoms with E-state index < -0.39 is 53.6 Å². The molecule has 21 heteroatoms. The second kappa shape index (κ2) is 23.1. The lowest BCUT2D eigenvalue weighted by Crippen LogP contribution is -2.55. The SMILES string of the molecule is C=C1C[C@H]2C=Nc3cc(OCCCCCOc4cc5c(cc4OC)C(=O)N4CC(=C)C[C@H]4[C@H](O)N5C(=O)OCc4ccc(CC(=O)[C@H](CCCNC(N)=O)NC(=O)C5(C(=O)O)CCC5)cc4)c(OC)cc3C(=O)N2C1. The van der Waals surface area contributed by atoms with Gasteiger partial charge in [0.25, 0.3) is 11.8 Å². The largest absolute Gasteiger partial charge is 0.493 e. The van der Waals surface area contributed by atoms with Crippen LogP contribution in [0.5, 0.6) is 23.0 Å². The van der Waals surface area contributed by atoms with Crippen molar-refractivity contribution in [1.82, 2.24) is 20.4 Å². The molecule has 4 atom stereocenters. The number of unbranched alkanes of at least 4 members (excludes halogenated alkanes) is 2. The maximum atomic E-state index is 14.2. The molecule has 1 aliphatic carbocycles. The van der Waals surface area contributed by atoms with Gasteiger partial charge in [0.1, 0.15) is 12.0 Å². The van der Waals surface area contributed by atoms with E-state index in [0.717, 1.165) is 10.5 Å². The molecule has 21 nitrogen and oxygen atoms in total. The highest BCUT2D eigenvalue weighted by atomic mass is 16.6. The molecule has 3 aromatic rings.